The normalized spacial score (nSPS) is 17.6. The number of hydrogen-bond donors (Lipinski definition) is 2. The van der Waals surface area contributed by atoms with Gasteiger partial charge in [0.25, 0.3) is 11.8 Å². The van der Waals surface area contributed by atoms with Gasteiger partial charge in [-0.3, -0.25) is 19.5 Å². The summed E-state index contributed by atoms with van der Waals surface area (Å²) in [6.07, 6.45) is 4.71. The maximum atomic E-state index is 12.4. The number of halogens is 1. The second-order valence-electron chi connectivity index (χ2n) is 7.26. The van der Waals surface area contributed by atoms with Crippen LogP contribution in [0.15, 0.2) is 29.3 Å². The number of ether oxygens (including phenoxy) is 1. The number of imide groups is 1. The zero-order valence-corrected chi connectivity index (χ0v) is 18.8. The van der Waals surface area contributed by atoms with Gasteiger partial charge < -0.3 is 15.4 Å². The number of benzene rings is 1. The molecule has 0 unspecified atom stereocenters. The standard InChI is InChI=1S/C20H28N4O3.HI/c1-21-19(23-14-20(8-5-9-20)10-13-27-2)22-11-12-24-17(25)15-6-3-4-7-16(15)18(24)26;/h3-4,6-7H,5,8-14H2,1-2H3,(H2,21,22,23);1H. The predicted molar refractivity (Wildman–Crippen MR) is 119 cm³/mol. The summed E-state index contributed by atoms with van der Waals surface area (Å²) in [5, 5.41) is 6.58. The van der Waals surface area contributed by atoms with E-state index in [1.165, 1.54) is 24.2 Å². The van der Waals surface area contributed by atoms with E-state index in [4.69, 9.17) is 4.74 Å². The topological polar surface area (TPSA) is 83.0 Å². The van der Waals surface area contributed by atoms with E-state index in [1.807, 2.05) is 0 Å². The molecule has 0 spiro atoms. The third-order valence-electron chi connectivity index (χ3n) is 5.61. The lowest BCUT2D eigenvalue weighted by molar-refractivity contribution is 0.0657. The van der Waals surface area contributed by atoms with Crippen LogP contribution in [0.3, 0.4) is 0 Å². The number of methoxy groups -OCH3 is 1. The largest absolute Gasteiger partial charge is 0.385 e. The Labute approximate surface area is 183 Å². The first-order chi connectivity index (χ1) is 13.1. The molecule has 2 aliphatic rings. The van der Waals surface area contributed by atoms with Gasteiger partial charge in [0, 0.05) is 40.4 Å². The van der Waals surface area contributed by atoms with Gasteiger partial charge in [-0.25, -0.2) is 0 Å². The number of aliphatic imine (C=N–C) groups is 1. The number of carbonyl (C=O) groups is 2. The number of nitrogens with one attached hydrogen (secondary N) is 2. The van der Waals surface area contributed by atoms with E-state index in [9.17, 15) is 9.59 Å². The van der Waals surface area contributed by atoms with E-state index in [1.54, 1.807) is 38.4 Å². The summed E-state index contributed by atoms with van der Waals surface area (Å²) in [7, 11) is 3.46. The van der Waals surface area contributed by atoms with E-state index in [2.05, 4.69) is 15.6 Å². The zero-order chi connectivity index (χ0) is 19.3. The lowest BCUT2D eigenvalue weighted by Crippen LogP contribution is -2.48. The predicted octanol–water partition coefficient (Wildman–Crippen LogP) is 2.27. The maximum absolute atomic E-state index is 12.4. The Bertz CT molecular complexity index is 699. The summed E-state index contributed by atoms with van der Waals surface area (Å²) in [6.45, 7) is 2.38. The Kier molecular flexibility index (Phi) is 8.23. The molecule has 1 heterocycles. The van der Waals surface area contributed by atoms with Gasteiger partial charge in [-0.15, -0.1) is 24.0 Å². The highest BCUT2D eigenvalue weighted by Crippen LogP contribution is 2.43. The number of guanidine groups is 1. The first-order valence-corrected chi connectivity index (χ1v) is 9.49. The molecule has 0 aromatic heterocycles. The molecule has 3 rings (SSSR count). The minimum atomic E-state index is -0.228. The van der Waals surface area contributed by atoms with Crippen LogP contribution in [-0.2, 0) is 4.74 Å². The summed E-state index contributed by atoms with van der Waals surface area (Å²) in [6, 6.07) is 6.94. The third-order valence-corrected chi connectivity index (χ3v) is 5.61. The molecule has 7 nitrogen and oxygen atoms in total. The molecule has 1 aromatic rings. The third kappa shape index (κ3) is 4.83. The fourth-order valence-corrected chi connectivity index (χ4v) is 3.73. The van der Waals surface area contributed by atoms with Crippen molar-refractivity contribution in [3.8, 4) is 0 Å². The van der Waals surface area contributed by atoms with Crippen LogP contribution in [0.1, 0.15) is 46.4 Å². The van der Waals surface area contributed by atoms with E-state index in [-0.39, 0.29) is 41.2 Å². The quantitative estimate of drug-likeness (QED) is 0.248. The van der Waals surface area contributed by atoms with Crippen LogP contribution in [0.4, 0.5) is 0 Å². The number of hydrogen-bond acceptors (Lipinski definition) is 4. The lowest BCUT2D eigenvalue weighted by Gasteiger charge is -2.42. The van der Waals surface area contributed by atoms with Crippen molar-refractivity contribution in [2.75, 3.05) is 40.4 Å². The van der Waals surface area contributed by atoms with Crippen molar-refractivity contribution >= 4 is 41.8 Å². The second-order valence-corrected chi connectivity index (χ2v) is 7.26. The first-order valence-electron chi connectivity index (χ1n) is 9.49. The van der Waals surface area contributed by atoms with Gasteiger partial charge in [0.1, 0.15) is 0 Å². The Morgan fingerprint density at radius 1 is 1.18 bits per heavy atom. The molecule has 28 heavy (non-hydrogen) atoms. The molecule has 0 bridgehead atoms. The monoisotopic (exact) mass is 500 g/mol. The second kappa shape index (κ2) is 10.2. The van der Waals surface area contributed by atoms with Gasteiger partial charge in [0.2, 0.25) is 0 Å². The number of rotatable bonds is 8. The van der Waals surface area contributed by atoms with Crippen LogP contribution in [0.5, 0.6) is 0 Å². The van der Waals surface area contributed by atoms with Gasteiger partial charge >= 0.3 is 0 Å². The minimum Gasteiger partial charge on any atom is -0.385 e. The highest BCUT2D eigenvalue weighted by molar-refractivity contribution is 14.0. The van der Waals surface area contributed by atoms with Crippen molar-refractivity contribution in [3.63, 3.8) is 0 Å². The molecule has 1 aromatic carbocycles. The average molecular weight is 500 g/mol. The summed E-state index contributed by atoms with van der Waals surface area (Å²) in [4.78, 5) is 30.3. The highest BCUT2D eigenvalue weighted by atomic mass is 127. The van der Waals surface area contributed by atoms with Crippen molar-refractivity contribution < 1.29 is 14.3 Å². The van der Waals surface area contributed by atoms with Crippen LogP contribution in [0, 0.1) is 5.41 Å². The van der Waals surface area contributed by atoms with Crippen LogP contribution >= 0.6 is 24.0 Å². The van der Waals surface area contributed by atoms with E-state index < -0.39 is 0 Å². The number of nitrogens with zero attached hydrogens (tertiary/aromatic N) is 2. The smallest absolute Gasteiger partial charge is 0.261 e. The lowest BCUT2D eigenvalue weighted by atomic mass is 9.67. The molecule has 1 aliphatic heterocycles. The molecule has 8 heteroatoms. The summed E-state index contributed by atoms with van der Waals surface area (Å²) < 4.78 is 5.23. The number of amides is 2. The molecule has 2 N–H and O–H groups in total. The van der Waals surface area contributed by atoms with E-state index in [0.717, 1.165) is 19.6 Å². The molecule has 0 radical (unpaired) electrons. The van der Waals surface area contributed by atoms with Gasteiger partial charge in [0.15, 0.2) is 5.96 Å². The SMILES string of the molecule is CN=C(NCCN1C(=O)c2ccccc2C1=O)NCC1(CCOC)CCC1.I. The molecule has 1 fully saturated rings. The van der Waals surface area contributed by atoms with Crippen molar-refractivity contribution in [2.24, 2.45) is 10.4 Å². The van der Waals surface area contributed by atoms with Crippen molar-refractivity contribution in [1.82, 2.24) is 15.5 Å². The van der Waals surface area contributed by atoms with Crippen molar-refractivity contribution in [1.29, 1.82) is 0 Å². The fraction of sp³-hybridized carbons (Fsp3) is 0.550. The molecule has 1 aliphatic carbocycles. The van der Waals surface area contributed by atoms with E-state index >= 15 is 0 Å². The highest BCUT2D eigenvalue weighted by Gasteiger charge is 2.37. The fourth-order valence-electron chi connectivity index (χ4n) is 3.73. The zero-order valence-electron chi connectivity index (χ0n) is 16.5. The Morgan fingerprint density at radius 3 is 2.32 bits per heavy atom. The minimum absolute atomic E-state index is 0. The average Bonchev–Trinajstić information content (AvgIpc) is 2.90. The van der Waals surface area contributed by atoms with Gasteiger partial charge in [-0.1, -0.05) is 18.6 Å². The van der Waals surface area contributed by atoms with Crippen LogP contribution in [0.2, 0.25) is 0 Å². The molecule has 2 amide bonds. The van der Waals surface area contributed by atoms with Crippen LogP contribution in [-0.4, -0.2) is 63.1 Å². The molecular weight excluding hydrogens is 471 g/mol. The van der Waals surface area contributed by atoms with Gasteiger partial charge in [-0.05, 0) is 36.8 Å². The van der Waals surface area contributed by atoms with Crippen molar-refractivity contribution in [3.05, 3.63) is 35.4 Å². The number of carbonyl (C=O) groups excluding carboxylic acids is 2. The molecule has 154 valence electrons. The molecular formula is C20H29IN4O3. The first kappa shape index (κ1) is 22.6. The Hall–Kier alpha value is -1.68. The Morgan fingerprint density at radius 2 is 1.82 bits per heavy atom. The molecule has 0 saturated heterocycles. The molecule has 1 saturated carbocycles. The summed E-state index contributed by atoms with van der Waals surface area (Å²) >= 11 is 0. The van der Waals surface area contributed by atoms with Crippen LogP contribution < -0.4 is 10.6 Å². The summed E-state index contributed by atoms with van der Waals surface area (Å²) in [5.74, 6) is 0.233. The van der Waals surface area contributed by atoms with Gasteiger partial charge in [-0.2, -0.15) is 0 Å². The van der Waals surface area contributed by atoms with Crippen molar-refractivity contribution in [2.45, 2.75) is 25.7 Å². The Balaban J connectivity index is 0.00000280. The molecule has 0 atom stereocenters. The van der Waals surface area contributed by atoms with Gasteiger partial charge in [0.05, 0.1) is 11.1 Å². The maximum Gasteiger partial charge on any atom is 0.261 e. The summed E-state index contributed by atoms with van der Waals surface area (Å²) in [5.41, 5.74) is 1.25. The number of fused-ring (bicyclic) bond motifs is 1. The van der Waals surface area contributed by atoms with E-state index in [0.29, 0.717) is 30.2 Å². The van der Waals surface area contributed by atoms with Crippen LogP contribution in [0.25, 0.3) is 0 Å².